The number of hydrogen-bond donors (Lipinski definition) is 1. The van der Waals surface area contributed by atoms with Crippen LogP contribution in [0.15, 0.2) is 0 Å². The molecule has 1 aliphatic heterocycles. The van der Waals surface area contributed by atoms with Gasteiger partial charge in [-0.15, -0.1) is 24.8 Å². The first-order chi connectivity index (χ1) is 7.34. The van der Waals surface area contributed by atoms with E-state index < -0.39 is 0 Å². The van der Waals surface area contributed by atoms with Gasteiger partial charge in [-0.1, -0.05) is 6.42 Å². The Morgan fingerprint density at radius 3 is 2.35 bits per heavy atom. The second-order valence-corrected chi connectivity index (χ2v) is 5.15. The standard InChI is InChI=1S/C12H25N3.2ClH/c1-14(11-12-3-2-4-12)9-10-15-7-5-13-6-8-15;;/h12-13H,2-11H2,1H3;2*1H. The van der Waals surface area contributed by atoms with Gasteiger partial charge >= 0.3 is 0 Å². The quantitative estimate of drug-likeness (QED) is 0.825. The number of hydrogen-bond acceptors (Lipinski definition) is 3. The average molecular weight is 284 g/mol. The molecule has 1 aliphatic carbocycles. The molecule has 0 amide bonds. The summed E-state index contributed by atoms with van der Waals surface area (Å²) in [6.45, 7) is 8.64. The lowest BCUT2D eigenvalue weighted by Gasteiger charge is -2.32. The van der Waals surface area contributed by atoms with E-state index in [9.17, 15) is 0 Å². The van der Waals surface area contributed by atoms with Crippen LogP contribution in [0.3, 0.4) is 0 Å². The molecule has 0 aromatic carbocycles. The average Bonchev–Trinajstić information content (AvgIpc) is 2.22. The molecular weight excluding hydrogens is 257 g/mol. The van der Waals surface area contributed by atoms with Gasteiger partial charge in [0.25, 0.3) is 0 Å². The molecule has 0 aromatic rings. The van der Waals surface area contributed by atoms with Gasteiger partial charge < -0.3 is 10.2 Å². The molecule has 0 unspecified atom stereocenters. The van der Waals surface area contributed by atoms with Crippen LogP contribution in [-0.2, 0) is 0 Å². The first-order valence-electron chi connectivity index (χ1n) is 6.46. The Bertz CT molecular complexity index is 183. The molecule has 1 saturated carbocycles. The van der Waals surface area contributed by atoms with E-state index >= 15 is 0 Å². The zero-order valence-electron chi connectivity index (χ0n) is 10.9. The molecule has 17 heavy (non-hydrogen) atoms. The summed E-state index contributed by atoms with van der Waals surface area (Å²) < 4.78 is 0. The van der Waals surface area contributed by atoms with E-state index in [0.29, 0.717) is 0 Å². The van der Waals surface area contributed by atoms with Gasteiger partial charge in [0, 0.05) is 45.8 Å². The fourth-order valence-corrected chi connectivity index (χ4v) is 2.45. The predicted octanol–water partition coefficient (Wildman–Crippen LogP) is 1.47. The van der Waals surface area contributed by atoms with Crippen molar-refractivity contribution in [1.82, 2.24) is 15.1 Å². The lowest BCUT2D eigenvalue weighted by atomic mass is 9.85. The molecule has 104 valence electrons. The predicted molar refractivity (Wildman–Crippen MR) is 78.6 cm³/mol. The van der Waals surface area contributed by atoms with Gasteiger partial charge in [0.05, 0.1) is 0 Å². The third kappa shape index (κ3) is 6.25. The summed E-state index contributed by atoms with van der Waals surface area (Å²) in [6.07, 6.45) is 4.41. The maximum absolute atomic E-state index is 3.40. The highest BCUT2D eigenvalue weighted by Crippen LogP contribution is 2.26. The highest BCUT2D eigenvalue weighted by molar-refractivity contribution is 5.85. The third-order valence-corrected chi connectivity index (χ3v) is 3.80. The summed E-state index contributed by atoms with van der Waals surface area (Å²) in [5.41, 5.74) is 0. The second-order valence-electron chi connectivity index (χ2n) is 5.15. The molecule has 0 atom stereocenters. The zero-order chi connectivity index (χ0) is 10.5. The molecule has 1 heterocycles. The Kier molecular flexibility index (Phi) is 9.65. The van der Waals surface area contributed by atoms with Crippen molar-refractivity contribution in [3.05, 3.63) is 0 Å². The molecule has 0 aromatic heterocycles. The molecule has 5 heteroatoms. The summed E-state index contributed by atoms with van der Waals surface area (Å²) in [5, 5.41) is 3.40. The van der Waals surface area contributed by atoms with Gasteiger partial charge in [-0.25, -0.2) is 0 Å². The van der Waals surface area contributed by atoms with Crippen molar-refractivity contribution in [1.29, 1.82) is 0 Å². The molecule has 3 nitrogen and oxygen atoms in total. The first kappa shape index (κ1) is 17.5. The maximum Gasteiger partial charge on any atom is 0.0110 e. The van der Waals surface area contributed by atoms with Gasteiger partial charge in [-0.3, -0.25) is 4.90 Å². The lowest BCUT2D eigenvalue weighted by Crippen LogP contribution is -2.46. The van der Waals surface area contributed by atoms with Crippen LogP contribution in [0.25, 0.3) is 0 Å². The van der Waals surface area contributed by atoms with Crippen molar-refractivity contribution in [2.75, 3.05) is 52.9 Å². The van der Waals surface area contributed by atoms with Crippen LogP contribution in [0, 0.1) is 5.92 Å². The Labute approximate surface area is 118 Å². The van der Waals surface area contributed by atoms with Crippen molar-refractivity contribution in [2.24, 2.45) is 5.92 Å². The Morgan fingerprint density at radius 2 is 1.82 bits per heavy atom. The highest BCUT2D eigenvalue weighted by Gasteiger charge is 2.19. The van der Waals surface area contributed by atoms with E-state index in [1.165, 1.54) is 65.1 Å². The van der Waals surface area contributed by atoms with Crippen LogP contribution in [-0.4, -0.2) is 62.7 Å². The largest absolute Gasteiger partial charge is 0.314 e. The highest BCUT2D eigenvalue weighted by atomic mass is 35.5. The Morgan fingerprint density at radius 1 is 1.18 bits per heavy atom. The minimum atomic E-state index is 0. The van der Waals surface area contributed by atoms with Crippen LogP contribution >= 0.6 is 24.8 Å². The molecule has 2 fully saturated rings. The van der Waals surface area contributed by atoms with Gasteiger partial charge in [-0.2, -0.15) is 0 Å². The third-order valence-electron chi connectivity index (χ3n) is 3.80. The normalized spacial score (nSPS) is 21.5. The van der Waals surface area contributed by atoms with Crippen LogP contribution < -0.4 is 5.32 Å². The minimum absolute atomic E-state index is 0. The molecule has 1 saturated heterocycles. The maximum atomic E-state index is 3.40. The summed E-state index contributed by atoms with van der Waals surface area (Å²) in [4.78, 5) is 5.10. The fourth-order valence-electron chi connectivity index (χ4n) is 2.45. The van der Waals surface area contributed by atoms with Crippen LogP contribution in [0.5, 0.6) is 0 Å². The van der Waals surface area contributed by atoms with E-state index in [0.717, 1.165) is 5.92 Å². The number of nitrogens with zero attached hydrogens (tertiary/aromatic N) is 2. The molecule has 0 spiro atoms. The van der Waals surface area contributed by atoms with Crippen molar-refractivity contribution in [3.63, 3.8) is 0 Å². The lowest BCUT2D eigenvalue weighted by molar-refractivity contribution is 0.169. The molecular formula is C12H27Cl2N3. The summed E-state index contributed by atoms with van der Waals surface area (Å²) >= 11 is 0. The first-order valence-corrected chi connectivity index (χ1v) is 6.46. The van der Waals surface area contributed by atoms with Gasteiger partial charge in [0.1, 0.15) is 0 Å². The monoisotopic (exact) mass is 283 g/mol. The van der Waals surface area contributed by atoms with E-state index in [2.05, 4.69) is 22.2 Å². The van der Waals surface area contributed by atoms with E-state index in [-0.39, 0.29) is 24.8 Å². The number of rotatable bonds is 5. The van der Waals surface area contributed by atoms with Gasteiger partial charge in [0.2, 0.25) is 0 Å². The van der Waals surface area contributed by atoms with Crippen molar-refractivity contribution < 1.29 is 0 Å². The molecule has 0 bridgehead atoms. The molecule has 0 radical (unpaired) electrons. The van der Waals surface area contributed by atoms with Crippen LogP contribution in [0.1, 0.15) is 19.3 Å². The molecule has 1 N–H and O–H groups in total. The van der Waals surface area contributed by atoms with Crippen molar-refractivity contribution in [2.45, 2.75) is 19.3 Å². The van der Waals surface area contributed by atoms with Crippen LogP contribution in [0.2, 0.25) is 0 Å². The molecule has 2 rings (SSSR count). The fraction of sp³-hybridized carbons (Fsp3) is 1.00. The van der Waals surface area contributed by atoms with E-state index in [1.54, 1.807) is 0 Å². The number of nitrogens with one attached hydrogen (secondary N) is 1. The SMILES string of the molecule is CN(CCN1CCNCC1)CC1CCC1.Cl.Cl. The summed E-state index contributed by atoms with van der Waals surface area (Å²) in [7, 11) is 2.28. The van der Waals surface area contributed by atoms with Crippen molar-refractivity contribution in [3.8, 4) is 0 Å². The number of piperazine rings is 1. The van der Waals surface area contributed by atoms with Crippen LogP contribution in [0.4, 0.5) is 0 Å². The second kappa shape index (κ2) is 9.40. The Hall–Kier alpha value is 0.460. The zero-order valence-corrected chi connectivity index (χ0v) is 12.5. The smallest absolute Gasteiger partial charge is 0.0110 e. The van der Waals surface area contributed by atoms with Gasteiger partial charge in [-0.05, 0) is 25.8 Å². The van der Waals surface area contributed by atoms with Gasteiger partial charge in [0.15, 0.2) is 0 Å². The minimum Gasteiger partial charge on any atom is -0.314 e. The van der Waals surface area contributed by atoms with E-state index in [4.69, 9.17) is 0 Å². The van der Waals surface area contributed by atoms with Crippen molar-refractivity contribution >= 4 is 24.8 Å². The summed E-state index contributed by atoms with van der Waals surface area (Å²) in [6, 6.07) is 0. The van der Waals surface area contributed by atoms with E-state index in [1.807, 2.05) is 0 Å². The Balaban J connectivity index is 0.00000128. The number of likely N-dealkylation sites (N-methyl/N-ethyl adjacent to an activating group) is 1. The summed E-state index contributed by atoms with van der Waals surface area (Å²) in [5.74, 6) is 1.01. The number of halogens is 2. The topological polar surface area (TPSA) is 18.5 Å². The molecule has 2 aliphatic rings.